The van der Waals surface area contributed by atoms with E-state index in [9.17, 15) is 4.79 Å². The number of carbonyl (C=O) groups excluding carboxylic acids is 1. The Morgan fingerprint density at radius 1 is 1.15 bits per heavy atom. The second-order valence-electron chi connectivity index (χ2n) is 6.40. The summed E-state index contributed by atoms with van der Waals surface area (Å²) in [7, 11) is 0. The van der Waals surface area contributed by atoms with Crippen LogP contribution in [-0.2, 0) is 0 Å². The van der Waals surface area contributed by atoms with Crippen molar-refractivity contribution in [3.05, 3.63) is 53.0 Å². The van der Waals surface area contributed by atoms with Gasteiger partial charge in [0.2, 0.25) is 0 Å². The van der Waals surface area contributed by atoms with Gasteiger partial charge in [0.25, 0.3) is 5.91 Å². The molecule has 3 aromatic rings. The molecule has 8 heteroatoms. The molecule has 0 saturated carbocycles. The van der Waals surface area contributed by atoms with Crippen LogP contribution < -0.4 is 15.4 Å². The number of benzene rings is 1. The van der Waals surface area contributed by atoms with Crippen LogP contribution in [0.1, 0.15) is 23.3 Å². The second kappa shape index (κ2) is 7.48. The van der Waals surface area contributed by atoms with Crippen LogP contribution in [0, 0.1) is 0 Å². The first-order valence-corrected chi connectivity index (χ1v) is 9.47. The van der Waals surface area contributed by atoms with Crippen LogP contribution in [0.3, 0.4) is 0 Å². The van der Waals surface area contributed by atoms with Crippen molar-refractivity contribution in [3.63, 3.8) is 0 Å². The summed E-state index contributed by atoms with van der Waals surface area (Å²) in [4.78, 5) is 26.3. The molecule has 4 rings (SSSR count). The molecule has 1 aliphatic heterocycles. The molecule has 1 amide bonds. The molecule has 1 fully saturated rings. The average Bonchev–Trinajstić information content (AvgIpc) is 2.68. The third kappa shape index (κ3) is 3.85. The average molecular weight is 428 g/mol. The lowest BCUT2D eigenvalue weighted by Crippen LogP contribution is -2.38. The molecule has 0 atom stereocenters. The van der Waals surface area contributed by atoms with Crippen molar-refractivity contribution in [2.45, 2.75) is 18.9 Å². The number of ether oxygens (including phenoxy) is 1. The normalized spacial score (nSPS) is 15.1. The van der Waals surface area contributed by atoms with Crippen LogP contribution in [0.25, 0.3) is 10.9 Å². The lowest BCUT2D eigenvalue weighted by atomic mass is 10.1. The Morgan fingerprint density at radius 2 is 1.96 bits per heavy atom. The van der Waals surface area contributed by atoms with Gasteiger partial charge in [-0.05, 0) is 24.3 Å². The topological polar surface area (TPSA) is 94.2 Å². The fourth-order valence-corrected chi connectivity index (χ4v) is 3.63. The smallest absolute Gasteiger partial charge is 0.267 e. The summed E-state index contributed by atoms with van der Waals surface area (Å²) in [6, 6.07) is 9.35. The molecule has 27 heavy (non-hydrogen) atoms. The molecule has 0 bridgehead atoms. The van der Waals surface area contributed by atoms with Crippen molar-refractivity contribution in [3.8, 4) is 5.75 Å². The van der Waals surface area contributed by atoms with Crippen molar-refractivity contribution in [1.29, 1.82) is 0 Å². The molecule has 1 aromatic carbocycles. The first-order chi connectivity index (χ1) is 13.1. The van der Waals surface area contributed by atoms with E-state index >= 15 is 0 Å². The van der Waals surface area contributed by atoms with E-state index in [1.54, 1.807) is 18.5 Å². The summed E-state index contributed by atoms with van der Waals surface area (Å²) in [5.74, 6) is 1.01. The largest absolute Gasteiger partial charge is 0.490 e. The number of piperidine rings is 1. The number of nitrogens with zero attached hydrogens (tertiary/aromatic N) is 4. The number of nitrogens with two attached hydrogens (primary N) is 1. The minimum Gasteiger partial charge on any atom is -0.490 e. The zero-order valence-corrected chi connectivity index (χ0v) is 16.1. The predicted molar refractivity (Wildman–Crippen MR) is 106 cm³/mol. The number of pyridine rings is 1. The van der Waals surface area contributed by atoms with Gasteiger partial charge < -0.3 is 15.4 Å². The summed E-state index contributed by atoms with van der Waals surface area (Å²) >= 11 is 3.52. The Balaban J connectivity index is 1.46. The number of halogens is 1. The molecule has 1 aliphatic rings. The van der Waals surface area contributed by atoms with E-state index in [-0.39, 0.29) is 11.8 Å². The Bertz CT molecular complexity index is 989. The molecule has 0 aliphatic carbocycles. The van der Waals surface area contributed by atoms with Gasteiger partial charge in [0, 0.05) is 48.1 Å². The number of fused-ring (bicyclic) bond motifs is 1. The van der Waals surface area contributed by atoms with E-state index in [2.05, 4.69) is 41.8 Å². The molecule has 0 unspecified atom stereocenters. The molecule has 2 N–H and O–H groups in total. The highest BCUT2D eigenvalue weighted by Gasteiger charge is 2.23. The molecule has 0 spiro atoms. The number of hydrogen-bond acceptors (Lipinski definition) is 6. The van der Waals surface area contributed by atoms with Crippen LogP contribution in [0.2, 0.25) is 0 Å². The first kappa shape index (κ1) is 17.7. The quantitative estimate of drug-likeness (QED) is 0.687. The summed E-state index contributed by atoms with van der Waals surface area (Å²) < 4.78 is 7.03. The number of primary amides is 1. The molecular formula is C19H18BrN5O2. The molecule has 0 radical (unpaired) electrons. The zero-order chi connectivity index (χ0) is 18.8. The van der Waals surface area contributed by atoms with Gasteiger partial charge in [0.05, 0.1) is 5.52 Å². The fraction of sp³-hybridized carbons (Fsp3) is 0.263. The number of anilines is 1. The SMILES string of the molecule is NC(=O)c1cc(OC2CCN(c3ncnc4ccc(Br)cc34)CC2)ccn1. The van der Waals surface area contributed by atoms with Crippen LogP contribution in [0.15, 0.2) is 47.3 Å². The third-order valence-electron chi connectivity index (χ3n) is 4.60. The molecular weight excluding hydrogens is 410 g/mol. The molecule has 3 heterocycles. The highest BCUT2D eigenvalue weighted by Crippen LogP contribution is 2.29. The van der Waals surface area contributed by atoms with Gasteiger partial charge in [-0.15, -0.1) is 0 Å². The van der Waals surface area contributed by atoms with Crippen molar-refractivity contribution in [2.75, 3.05) is 18.0 Å². The maximum Gasteiger partial charge on any atom is 0.267 e. The molecule has 1 saturated heterocycles. The number of hydrogen-bond donors (Lipinski definition) is 1. The van der Waals surface area contributed by atoms with Gasteiger partial charge in [-0.2, -0.15) is 0 Å². The van der Waals surface area contributed by atoms with Crippen molar-refractivity contribution >= 4 is 38.6 Å². The molecule has 2 aromatic heterocycles. The number of amides is 1. The van der Waals surface area contributed by atoms with Crippen molar-refractivity contribution < 1.29 is 9.53 Å². The Kier molecular flexibility index (Phi) is 4.89. The summed E-state index contributed by atoms with van der Waals surface area (Å²) in [6.07, 6.45) is 4.93. The lowest BCUT2D eigenvalue weighted by Gasteiger charge is -2.33. The molecule has 7 nitrogen and oxygen atoms in total. The summed E-state index contributed by atoms with van der Waals surface area (Å²) in [5.41, 5.74) is 6.41. The van der Waals surface area contributed by atoms with E-state index in [0.717, 1.165) is 47.1 Å². The Labute approximate surface area is 164 Å². The number of aromatic nitrogens is 3. The number of carbonyl (C=O) groups is 1. The third-order valence-corrected chi connectivity index (χ3v) is 5.10. The van der Waals surface area contributed by atoms with Crippen LogP contribution in [0.5, 0.6) is 5.75 Å². The lowest BCUT2D eigenvalue weighted by molar-refractivity contribution is 0.0994. The Hall–Kier alpha value is -2.74. The standard InChI is InChI=1S/C19H18BrN5O2/c20-12-1-2-16-15(9-12)19(24-11-23-16)25-7-4-13(5-8-25)27-14-3-6-22-17(10-14)18(21)26/h1-3,6,9-11,13H,4-5,7-8H2,(H2,21,26). The maximum atomic E-state index is 11.3. The van der Waals surface area contributed by atoms with Gasteiger partial charge in [-0.1, -0.05) is 15.9 Å². The van der Waals surface area contributed by atoms with Crippen LogP contribution >= 0.6 is 15.9 Å². The van der Waals surface area contributed by atoms with Gasteiger partial charge in [0.15, 0.2) is 0 Å². The van der Waals surface area contributed by atoms with E-state index in [1.807, 2.05) is 12.1 Å². The van der Waals surface area contributed by atoms with Gasteiger partial charge >= 0.3 is 0 Å². The summed E-state index contributed by atoms with van der Waals surface area (Å²) in [5, 5.41) is 1.03. The number of rotatable bonds is 4. The zero-order valence-electron chi connectivity index (χ0n) is 14.5. The highest BCUT2D eigenvalue weighted by molar-refractivity contribution is 9.10. The van der Waals surface area contributed by atoms with Crippen molar-refractivity contribution in [2.24, 2.45) is 5.73 Å². The van der Waals surface area contributed by atoms with E-state index in [4.69, 9.17) is 10.5 Å². The molecule has 138 valence electrons. The van der Waals surface area contributed by atoms with Gasteiger partial charge in [-0.3, -0.25) is 9.78 Å². The van der Waals surface area contributed by atoms with E-state index in [0.29, 0.717) is 5.75 Å². The van der Waals surface area contributed by atoms with Crippen LogP contribution in [0.4, 0.5) is 5.82 Å². The van der Waals surface area contributed by atoms with Gasteiger partial charge in [-0.25, -0.2) is 9.97 Å². The monoisotopic (exact) mass is 427 g/mol. The predicted octanol–water partition coefficient (Wildman–Crippen LogP) is 2.93. The fourth-order valence-electron chi connectivity index (χ4n) is 3.26. The second-order valence-corrected chi connectivity index (χ2v) is 7.32. The van der Waals surface area contributed by atoms with E-state index < -0.39 is 5.91 Å². The van der Waals surface area contributed by atoms with E-state index in [1.165, 1.54) is 6.20 Å². The first-order valence-electron chi connectivity index (χ1n) is 8.68. The highest BCUT2D eigenvalue weighted by atomic mass is 79.9. The maximum absolute atomic E-state index is 11.3. The minimum absolute atomic E-state index is 0.0733. The summed E-state index contributed by atoms with van der Waals surface area (Å²) in [6.45, 7) is 1.66. The minimum atomic E-state index is -0.558. The van der Waals surface area contributed by atoms with Crippen LogP contribution in [-0.4, -0.2) is 40.1 Å². The van der Waals surface area contributed by atoms with Gasteiger partial charge in [0.1, 0.15) is 29.7 Å². The Morgan fingerprint density at radius 3 is 2.74 bits per heavy atom. The van der Waals surface area contributed by atoms with Crippen molar-refractivity contribution in [1.82, 2.24) is 15.0 Å².